The molecule has 1 saturated heterocycles. The number of nitrogens with zero attached hydrogens (tertiary/aromatic N) is 6. The van der Waals surface area contributed by atoms with Crippen molar-refractivity contribution in [3.8, 4) is 5.88 Å². The molecule has 2 aliphatic heterocycles. The fourth-order valence-corrected chi connectivity index (χ4v) is 6.64. The summed E-state index contributed by atoms with van der Waals surface area (Å²) in [6.07, 6.45) is 1.73. The molecule has 2 aliphatic rings. The highest BCUT2D eigenvalue weighted by molar-refractivity contribution is 6.30. The number of halogens is 2. The second kappa shape index (κ2) is 14.0. The Bertz CT molecular complexity index is 1670. The minimum Gasteiger partial charge on any atom is -0.477 e. The van der Waals surface area contributed by atoms with Crippen molar-refractivity contribution in [2.45, 2.75) is 65.0 Å². The number of aliphatic imine (C=N–C) groups is 1. The van der Waals surface area contributed by atoms with Crippen LogP contribution < -0.4 is 10.1 Å². The lowest BCUT2D eigenvalue weighted by molar-refractivity contribution is -0.119. The summed E-state index contributed by atoms with van der Waals surface area (Å²) in [5.74, 6) is 1.37. The average Bonchev–Trinajstić information content (AvgIpc) is 3.29. The topological polar surface area (TPSA) is 103 Å². The van der Waals surface area contributed by atoms with Crippen LogP contribution >= 0.6 is 23.2 Å². The van der Waals surface area contributed by atoms with Crippen LogP contribution in [0, 0.1) is 0 Å². The van der Waals surface area contributed by atoms with Gasteiger partial charge in [0, 0.05) is 67.8 Å². The molecule has 3 heterocycles. The first kappa shape index (κ1) is 35.6. The number of rotatable bonds is 8. The minimum absolute atomic E-state index is 0.0548. The first-order valence-corrected chi connectivity index (χ1v) is 17.1. The molecule has 0 radical (unpaired) electrons. The average molecular weight is 695 g/mol. The van der Waals surface area contributed by atoms with Gasteiger partial charge in [-0.15, -0.1) is 0 Å². The second-order valence-electron chi connectivity index (χ2n) is 13.6. The van der Waals surface area contributed by atoms with E-state index in [1.807, 2.05) is 95.0 Å². The van der Waals surface area contributed by atoms with Crippen LogP contribution in [0.15, 0.2) is 59.7 Å². The van der Waals surface area contributed by atoms with Crippen molar-refractivity contribution in [3.05, 3.63) is 87.3 Å². The highest BCUT2D eigenvalue weighted by Crippen LogP contribution is 2.54. The number of piperazine rings is 1. The van der Waals surface area contributed by atoms with Gasteiger partial charge in [-0.2, -0.15) is 4.98 Å². The van der Waals surface area contributed by atoms with Crippen molar-refractivity contribution in [2.75, 3.05) is 45.9 Å². The summed E-state index contributed by atoms with van der Waals surface area (Å²) in [6.45, 7) is 17.7. The molecule has 3 aromatic rings. The molecule has 12 heteroatoms. The molecule has 1 aromatic heterocycles. The highest BCUT2D eigenvalue weighted by atomic mass is 35.5. The Labute approximate surface area is 293 Å². The number of benzene rings is 2. The lowest BCUT2D eigenvalue weighted by atomic mass is 9.71. The third-order valence-corrected chi connectivity index (χ3v) is 9.84. The maximum Gasteiger partial charge on any atom is 0.326 e. The van der Waals surface area contributed by atoms with Gasteiger partial charge < -0.3 is 15.0 Å². The van der Waals surface area contributed by atoms with Crippen molar-refractivity contribution < 1.29 is 14.3 Å². The van der Waals surface area contributed by atoms with Crippen LogP contribution in [0.4, 0.5) is 4.79 Å². The molecule has 48 heavy (non-hydrogen) atoms. The van der Waals surface area contributed by atoms with E-state index >= 15 is 4.79 Å². The quantitative estimate of drug-likeness (QED) is 0.299. The minimum atomic E-state index is -1.04. The van der Waals surface area contributed by atoms with Crippen LogP contribution in [0.25, 0.3) is 0 Å². The van der Waals surface area contributed by atoms with Gasteiger partial charge in [0.1, 0.15) is 22.7 Å². The van der Waals surface area contributed by atoms with E-state index in [1.54, 1.807) is 11.1 Å². The number of hydrogen-bond donors (Lipinski definition) is 1. The fraction of sp³-hybridized carbons (Fsp3) is 0.472. The summed E-state index contributed by atoms with van der Waals surface area (Å²) in [7, 11) is 0. The van der Waals surface area contributed by atoms with Crippen molar-refractivity contribution in [3.63, 3.8) is 0 Å². The van der Waals surface area contributed by atoms with Crippen LogP contribution in [0.3, 0.4) is 0 Å². The maximum atomic E-state index is 15.1. The summed E-state index contributed by atoms with van der Waals surface area (Å²) >= 11 is 12.8. The molecular formula is C36H45Cl2N7O3. The lowest BCUT2D eigenvalue weighted by Gasteiger charge is -2.47. The zero-order valence-corrected chi connectivity index (χ0v) is 30.3. The fourth-order valence-electron chi connectivity index (χ4n) is 6.39. The van der Waals surface area contributed by atoms with E-state index in [1.165, 1.54) is 6.92 Å². The molecule has 2 unspecified atom stereocenters. The standard InChI is InChI=1S/C36H45Cl2N7O3/c1-8-48-31-29(23-40-32(41-31)34(3,4)5)30-42-35(6,25-9-13-27(37)14-10-25)36(7,26-11-15-28(38)16-12-26)45(30)33(47)44-21-19-43(20-22-44)18-17-39-24(2)46/h9-16,23H,8,17-22H2,1-7H3,(H,39,46). The Morgan fingerprint density at radius 1 is 0.938 bits per heavy atom. The number of hydrogen-bond acceptors (Lipinski definition) is 7. The number of aromatic nitrogens is 2. The molecule has 10 nitrogen and oxygen atoms in total. The van der Waals surface area contributed by atoms with Crippen molar-refractivity contribution in [1.29, 1.82) is 0 Å². The number of carbonyl (C=O) groups excluding carboxylic acids is 2. The van der Waals surface area contributed by atoms with Crippen LogP contribution in [-0.2, 0) is 21.3 Å². The number of urea groups is 1. The Morgan fingerprint density at radius 2 is 1.52 bits per heavy atom. The Balaban J connectivity index is 1.67. The van der Waals surface area contributed by atoms with Crippen LogP contribution in [-0.4, -0.2) is 88.3 Å². The highest BCUT2D eigenvalue weighted by Gasteiger charge is 2.60. The van der Waals surface area contributed by atoms with Crippen molar-refractivity contribution in [2.24, 2.45) is 4.99 Å². The lowest BCUT2D eigenvalue weighted by Crippen LogP contribution is -2.61. The Hall–Kier alpha value is -3.73. The monoisotopic (exact) mass is 693 g/mol. The number of amides is 3. The third-order valence-electron chi connectivity index (χ3n) is 9.33. The molecule has 0 aliphatic carbocycles. The van der Waals surface area contributed by atoms with E-state index in [-0.39, 0.29) is 17.4 Å². The number of carbonyl (C=O) groups is 2. The predicted molar refractivity (Wildman–Crippen MR) is 190 cm³/mol. The summed E-state index contributed by atoms with van der Waals surface area (Å²) in [6, 6.07) is 15.0. The largest absolute Gasteiger partial charge is 0.477 e. The van der Waals surface area contributed by atoms with Gasteiger partial charge in [-0.3, -0.25) is 19.6 Å². The number of nitrogens with one attached hydrogen (secondary N) is 1. The van der Waals surface area contributed by atoms with Crippen molar-refractivity contribution in [1.82, 2.24) is 30.0 Å². The van der Waals surface area contributed by atoms with Crippen LogP contribution in [0.1, 0.15) is 71.0 Å². The Kier molecular flexibility index (Phi) is 10.4. The number of amidine groups is 1. The molecule has 3 amide bonds. The molecule has 256 valence electrons. The van der Waals surface area contributed by atoms with E-state index in [0.717, 1.165) is 11.1 Å². The molecule has 1 N–H and O–H groups in total. The van der Waals surface area contributed by atoms with Gasteiger partial charge in [0.25, 0.3) is 0 Å². The van der Waals surface area contributed by atoms with E-state index in [2.05, 4.69) is 10.2 Å². The zero-order chi connectivity index (χ0) is 34.9. The zero-order valence-electron chi connectivity index (χ0n) is 28.8. The molecule has 1 fully saturated rings. The van der Waals surface area contributed by atoms with Crippen molar-refractivity contribution >= 4 is 41.0 Å². The summed E-state index contributed by atoms with van der Waals surface area (Å²) in [4.78, 5) is 47.5. The second-order valence-corrected chi connectivity index (χ2v) is 14.5. The molecule has 0 spiro atoms. The van der Waals surface area contributed by atoms with Crippen LogP contribution in [0.5, 0.6) is 5.88 Å². The molecule has 2 aromatic carbocycles. The van der Waals surface area contributed by atoms with E-state index < -0.39 is 11.1 Å². The number of ether oxygens (including phenoxy) is 1. The summed E-state index contributed by atoms with van der Waals surface area (Å²) in [5.41, 5.74) is -0.0761. The normalized spacial score (nSPS) is 21.6. The van der Waals surface area contributed by atoms with E-state index in [0.29, 0.717) is 79.0 Å². The van der Waals surface area contributed by atoms with Gasteiger partial charge in [-0.1, -0.05) is 68.2 Å². The SMILES string of the molecule is CCOc1nc(C(C)(C)C)ncc1C1=NC(C)(c2ccc(Cl)cc2)C(C)(c2ccc(Cl)cc2)N1C(=O)N1CCN(CCNC(C)=O)CC1. The van der Waals surface area contributed by atoms with Gasteiger partial charge in [-0.25, -0.2) is 9.78 Å². The third kappa shape index (κ3) is 6.88. The molecular weight excluding hydrogens is 649 g/mol. The van der Waals surface area contributed by atoms with Gasteiger partial charge in [0.2, 0.25) is 11.8 Å². The molecule has 5 rings (SSSR count). The first-order chi connectivity index (χ1) is 22.7. The molecule has 2 atom stereocenters. The summed E-state index contributed by atoms with van der Waals surface area (Å²) in [5, 5.41) is 4.05. The first-order valence-electron chi connectivity index (χ1n) is 16.4. The van der Waals surface area contributed by atoms with E-state index in [4.69, 9.17) is 42.9 Å². The van der Waals surface area contributed by atoms with Gasteiger partial charge >= 0.3 is 6.03 Å². The molecule has 0 bridgehead atoms. The molecule has 0 saturated carbocycles. The van der Waals surface area contributed by atoms with Gasteiger partial charge in [0.15, 0.2) is 0 Å². The van der Waals surface area contributed by atoms with E-state index in [9.17, 15) is 4.79 Å². The van der Waals surface area contributed by atoms with Gasteiger partial charge in [-0.05, 0) is 56.2 Å². The Morgan fingerprint density at radius 3 is 2.06 bits per heavy atom. The van der Waals surface area contributed by atoms with Gasteiger partial charge in [0.05, 0.1) is 12.2 Å². The smallest absolute Gasteiger partial charge is 0.326 e. The van der Waals surface area contributed by atoms with Crippen LogP contribution in [0.2, 0.25) is 10.0 Å². The maximum absolute atomic E-state index is 15.1. The predicted octanol–water partition coefficient (Wildman–Crippen LogP) is 6.25. The summed E-state index contributed by atoms with van der Waals surface area (Å²) < 4.78 is 6.15.